The molecule has 0 heterocycles. The maximum atomic E-state index is 12.2. The van der Waals surface area contributed by atoms with Crippen LogP contribution in [0.2, 0.25) is 0 Å². The molecule has 0 saturated heterocycles. The van der Waals surface area contributed by atoms with E-state index in [-0.39, 0.29) is 11.1 Å². The van der Waals surface area contributed by atoms with E-state index < -0.39 is 5.91 Å². The van der Waals surface area contributed by atoms with Crippen LogP contribution in [-0.2, 0) is 4.79 Å². The summed E-state index contributed by atoms with van der Waals surface area (Å²) in [5, 5.41) is 12.0. The van der Waals surface area contributed by atoms with Crippen molar-refractivity contribution in [1.29, 1.82) is 5.26 Å². The van der Waals surface area contributed by atoms with Crippen molar-refractivity contribution in [2.45, 2.75) is 33.2 Å². The second kappa shape index (κ2) is 7.51. The SMILES string of the molecule is CCN(/C=C(/C#N)C(=O)Nc1ccc(OC)cc1)C(C)(C)C. The normalized spacial score (nSPS) is 11.5. The number of methoxy groups -OCH3 is 1. The number of carbonyl (C=O) groups is 1. The summed E-state index contributed by atoms with van der Waals surface area (Å²) >= 11 is 0. The lowest BCUT2D eigenvalue weighted by Gasteiger charge is -2.33. The molecule has 1 aromatic carbocycles. The minimum absolute atomic E-state index is 0.0765. The van der Waals surface area contributed by atoms with Crippen LogP contribution in [0.25, 0.3) is 0 Å². The van der Waals surface area contributed by atoms with E-state index in [1.807, 2.05) is 38.7 Å². The number of hydrogen-bond acceptors (Lipinski definition) is 4. The van der Waals surface area contributed by atoms with Crippen molar-refractivity contribution >= 4 is 11.6 Å². The van der Waals surface area contributed by atoms with Gasteiger partial charge in [-0.05, 0) is 52.0 Å². The molecule has 0 bridgehead atoms. The molecule has 0 aliphatic rings. The van der Waals surface area contributed by atoms with Gasteiger partial charge in [-0.2, -0.15) is 5.26 Å². The zero-order chi connectivity index (χ0) is 16.8. The molecule has 5 heteroatoms. The van der Waals surface area contributed by atoms with E-state index in [0.717, 1.165) is 0 Å². The highest BCUT2D eigenvalue weighted by Gasteiger charge is 2.19. The molecule has 5 nitrogen and oxygen atoms in total. The van der Waals surface area contributed by atoms with Crippen LogP contribution in [0.15, 0.2) is 36.0 Å². The Hall–Kier alpha value is -2.48. The largest absolute Gasteiger partial charge is 0.497 e. The smallest absolute Gasteiger partial charge is 0.267 e. The van der Waals surface area contributed by atoms with Crippen LogP contribution in [0.3, 0.4) is 0 Å². The van der Waals surface area contributed by atoms with Crippen LogP contribution in [0.1, 0.15) is 27.7 Å². The van der Waals surface area contributed by atoms with E-state index in [1.54, 1.807) is 37.6 Å². The molecule has 0 radical (unpaired) electrons. The number of nitriles is 1. The fourth-order valence-corrected chi connectivity index (χ4v) is 1.93. The van der Waals surface area contributed by atoms with Gasteiger partial charge in [-0.3, -0.25) is 4.79 Å². The van der Waals surface area contributed by atoms with Gasteiger partial charge in [0.2, 0.25) is 0 Å². The van der Waals surface area contributed by atoms with E-state index >= 15 is 0 Å². The lowest BCUT2D eigenvalue weighted by molar-refractivity contribution is -0.112. The van der Waals surface area contributed by atoms with Crippen molar-refractivity contribution in [1.82, 2.24) is 4.90 Å². The lowest BCUT2D eigenvalue weighted by Crippen LogP contribution is -2.37. The quantitative estimate of drug-likeness (QED) is 0.670. The minimum atomic E-state index is -0.421. The molecule has 1 rings (SSSR count). The van der Waals surface area contributed by atoms with Crippen molar-refractivity contribution in [3.8, 4) is 11.8 Å². The Morgan fingerprint density at radius 2 is 1.95 bits per heavy atom. The third kappa shape index (κ3) is 4.81. The van der Waals surface area contributed by atoms with Gasteiger partial charge < -0.3 is 15.0 Å². The average Bonchev–Trinajstić information content (AvgIpc) is 2.47. The molecule has 0 unspecified atom stereocenters. The van der Waals surface area contributed by atoms with Crippen molar-refractivity contribution in [2.24, 2.45) is 0 Å². The average molecular weight is 301 g/mol. The van der Waals surface area contributed by atoms with Gasteiger partial charge in [0.1, 0.15) is 17.4 Å². The molecule has 0 atom stereocenters. The van der Waals surface area contributed by atoms with Crippen molar-refractivity contribution < 1.29 is 9.53 Å². The van der Waals surface area contributed by atoms with Gasteiger partial charge in [-0.15, -0.1) is 0 Å². The summed E-state index contributed by atoms with van der Waals surface area (Å²) in [4.78, 5) is 14.2. The first-order valence-electron chi connectivity index (χ1n) is 7.16. The monoisotopic (exact) mass is 301 g/mol. The molecular formula is C17H23N3O2. The highest BCUT2D eigenvalue weighted by molar-refractivity contribution is 6.06. The number of anilines is 1. The summed E-state index contributed by atoms with van der Waals surface area (Å²) in [6, 6.07) is 8.92. The molecule has 1 amide bonds. The number of amides is 1. The molecule has 1 N–H and O–H groups in total. The zero-order valence-corrected chi connectivity index (χ0v) is 13.8. The highest BCUT2D eigenvalue weighted by Crippen LogP contribution is 2.17. The predicted octanol–water partition coefficient (Wildman–Crippen LogP) is 3.16. The third-order valence-corrected chi connectivity index (χ3v) is 3.20. The maximum absolute atomic E-state index is 12.2. The van der Waals surface area contributed by atoms with E-state index in [1.165, 1.54) is 0 Å². The highest BCUT2D eigenvalue weighted by atomic mass is 16.5. The summed E-state index contributed by atoms with van der Waals surface area (Å²) < 4.78 is 5.06. The standard InChI is InChI=1S/C17H23N3O2/c1-6-20(17(2,3)4)12-13(11-18)16(21)19-14-7-9-15(22-5)10-8-14/h7-10,12H,6H2,1-5H3,(H,19,21)/b13-12-. The summed E-state index contributed by atoms with van der Waals surface area (Å²) in [7, 11) is 1.58. The van der Waals surface area contributed by atoms with Gasteiger partial charge >= 0.3 is 0 Å². The molecule has 0 fully saturated rings. The molecule has 0 saturated carbocycles. The van der Waals surface area contributed by atoms with E-state index in [0.29, 0.717) is 18.0 Å². The van der Waals surface area contributed by atoms with Gasteiger partial charge in [-0.25, -0.2) is 0 Å². The topological polar surface area (TPSA) is 65.4 Å². The van der Waals surface area contributed by atoms with E-state index in [9.17, 15) is 10.1 Å². The molecule has 118 valence electrons. The van der Waals surface area contributed by atoms with Gasteiger partial charge in [0.25, 0.3) is 5.91 Å². The Balaban J connectivity index is 2.90. The molecule has 0 spiro atoms. The van der Waals surface area contributed by atoms with Crippen LogP contribution in [0.5, 0.6) is 5.75 Å². The Morgan fingerprint density at radius 1 is 1.36 bits per heavy atom. The molecule has 0 aliphatic carbocycles. The second-order valence-electron chi connectivity index (χ2n) is 5.79. The van der Waals surface area contributed by atoms with Crippen LogP contribution < -0.4 is 10.1 Å². The van der Waals surface area contributed by atoms with Gasteiger partial charge in [0.15, 0.2) is 0 Å². The first kappa shape index (κ1) is 17.6. The van der Waals surface area contributed by atoms with Gasteiger partial charge in [0, 0.05) is 24.0 Å². The summed E-state index contributed by atoms with van der Waals surface area (Å²) in [6.45, 7) is 8.79. The Bertz CT molecular complexity index is 577. The number of ether oxygens (including phenoxy) is 1. The van der Waals surface area contributed by atoms with Gasteiger partial charge in [0.05, 0.1) is 7.11 Å². The molecule has 0 aliphatic heterocycles. The maximum Gasteiger partial charge on any atom is 0.267 e. The van der Waals surface area contributed by atoms with Crippen LogP contribution in [-0.4, -0.2) is 30.0 Å². The number of nitrogens with zero attached hydrogens (tertiary/aromatic N) is 2. The first-order chi connectivity index (χ1) is 10.3. The zero-order valence-electron chi connectivity index (χ0n) is 13.8. The summed E-state index contributed by atoms with van der Waals surface area (Å²) in [5.74, 6) is 0.286. The number of rotatable bonds is 5. The lowest BCUT2D eigenvalue weighted by atomic mass is 10.1. The minimum Gasteiger partial charge on any atom is -0.497 e. The number of hydrogen-bond donors (Lipinski definition) is 1. The van der Waals surface area contributed by atoms with Crippen molar-refractivity contribution in [3.05, 3.63) is 36.0 Å². The van der Waals surface area contributed by atoms with Crippen LogP contribution in [0.4, 0.5) is 5.69 Å². The molecule has 22 heavy (non-hydrogen) atoms. The number of nitrogens with one attached hydrogen (secondary N) is 1. The fourth-order valence-electron chi connectivity index (χ4n) is 1.93. The van der Waals surface area contributed by atoms with E-state index in [4.69, 9.17) is 4.74 Å². The molecular weight excluding hydrogens is 278 g/mol. The predicted molar refractivity (Wildman–Crippen MR) is 87.5 cm³/mol. The van der Waals surface area contributed by atoms with Crippen molar-refractivity contribution in [3.63, 3.8) is 0 Å². The Labute approximate surface area is 132 Å². The summed E-state index contributed by atoms with van der Waals surface area (Å²) in [6.07, 6.45) is 1.61. The van der Waals surface area contributed by atoms with Gasteiger partial charge in [-0.1, -0.05) is 0 Å². The third-order valence-electron chi connectivity index (χ3n) is 3.20. The Morgan fingerprint density at radius 3 is 2.36 bits per heavy atom. The first-order valence-corrected chi connectivity index (χ1v) is 7.16. The van der Waals surface area contributed by atoms with Crippen LogP contribution >= 0.6 is 0 Å². The second-order valence-corrected chi connectivity index (χ2v) is 5.79. The molecule has 0 aromatic heterocycles. The fraction of sp³-hybridized carbons (Fsp3) is 0.412. The van der Waals surface area contributed by atoms with Crippen LogP contribution in [0, 0.1) is 11.3 Å². The van der Waals surface area contributed by atoms with Crippen molar-refractivity contribution in [2.75, 3.05) is 19.0 Å². The van der Waals surface area contributed by atoms with E-state index in [2.05, 4.69) is 5.32 Å². The molecule has 1 aromatic rings. The summed E-state index contributed by atoms with van der Waals surface area (Å²) in [5.41, 5.74) is 0.537. The Kier molecular flexibility index (Phi) is 6.00. The number of carbonyl (C=O) groups excluding carboxylic acids is 1. The number of benzene rings is 1.